The zero-order valence-corrected chi connectivity index (χ0v) is 11.9. The largest absolute Gasteiger partial charge is 0.464 e. The average Bonchev–Trinajstić information content (AvgIpc) is 2.58. The van der Waals surface area contributed by atoms with Gasteiger partial charge in [0.2, 0.25) is 0 Å². The van der Waals surface area contributed by atoms with Gasteiger partial charge in [0, 0.05) is 6.54 Å². The molecule has 0 radical (unpaired) electrons. The molecule has 1 aliphatic heterocycles. The average molecular weight is 257 g/mol. The van der Waals surface area contributed by atoms with Crippen molar-refractivity contribution in [2.24, 2.45) is 5.92 Å². The van der Waals surface area contributed by atoms with Crippen molar-refractivity contribution in [3.8, 4) is 0 Å². The smallest absolute Gasteiger partial charge is 0.411 e. The highest BCUT2D eigenvalue weighted by atomic mass is 16.6. The summed E-state index contributed by atoms with van der Waals surface area (Å²) in [6, 6.07) is -0.505. The van der Waals surface area contributed by atoms with Gasteiger partial charge in [0.05, 0.1) is 6.61 Å². The van der Waals surface area contributed by atoms with Crippen molar-refractivity contribution in [2.75, 3.05) is 13.2 Å². The van der Waals surface area contributed by atoms with Crippen LogP contribution in [-0.4, -0.2) is 41.8 Å². The van der Waals surface area contributed by atoms with Gasteiger partial charge in [0.15, 0.2) is 0 Å². The summed E-state index contributed by atoms with van der Waals surface area (Å²) >= 11 is 0. The molecule has 1 fully saturated rings. The van der Waals surface area contributed by atoms with E-state index in [1.807, 2.05) is 27.7 Å². The third-order valence-corrected chi connectivity index (χ3v) is 2.70. The molecule has 18 heavy (non-hydrogen) atoms. The van der Waals surface area contributed by atoms with Gasteiger partial charge in [-0.15, -0.1) is 0 Å². The van der Waals surface area contributed by atoms with Crippen molar-refractivity contribution in [2.45, 2.75) is 52.7 Å². The maximum Gasteiger partial charge on any atom is 0.411 e. The molecule has 104 valence electrons. The second-order valence-electron chi connectivity index (χ2n) is 5.74. The van der Waals surface area contributed by atoms with Crippen LogP contribution >= 0.6 is 0 Å². The van der Waals surface area contributed by atoms with Crippen LogP contribution in [0.25, 0.3) is 0 Å². The van der Waals surface area contributed by atoms with Crippen LogP contribution in [0.2, 0.25) is 0 Å². The minimum atomic E-state index is -0.553. The Bertz CT molecular complexity index is 321. The van der Waals surface area contributed by atoms with Crippen LogP contribution in [0, 0.1) is 5.92 Å². The number of likely N-dealkylation sites (tertiary alicyclic amines) is 1. The standard InChI is InChI=1S/C13H23NO4/c1-6-17-11(15)10-7-9(2)8-14(10)12(16)18-13(3,4)5/h9-10H,6-8H2,1-5H3. The molecular weight excluding hydrogens is 234 g/mol. The number of esters is 1. The van der Waals surface area contributed by atoms with Gasteiger partial charge in [-0.25, -0.2) is 9.59 Å². The van der Waals surface area contributed by atoms with Crippen molar-refractivity contribution in [1.82, 2.24) is 4.90 Å². The molecular formula is C13H23NO4. The Labute approximate surface area is 108 Å². The Morgan fingerprint density at radius 1 is 1.33 bits per heavy atom. The molecule has 0 saturated carbocycles. The van der Waals surface area contributed by atoms with Crippen LogP contribution < -0.4 is 0 Å². The fourth-order valence-corrected chi connectivity index (χ4v) is 2.03. The van der Waals surface area contributed by atoms with Gasteiger partial charge in [-0.05, 0) is 40.0 Å². The molecule has 0 aromatic rings. The van der Waals surface area contributed by atoms with E-state index >= 15 is 0 Å². The third-order valence-electron chi connectivity index (χ3n) is 2.70. The monoisotopic (exact) mass is 257 g/mol. The minimum absolute atomic E-state index is 0.284. The van der Waals surface area contributed by atoms with E-state index in [1.54, 1.807) is 6.92 Å². The van der Waals surface area contributed by atoms with Crippen LogP contribution in [-0.2, 0) is 14.3 Å². The van der Waals surface area contributed by atoms with E-state index in [1.165, 1.54) is 4.90 Å². The minimum Gasteiger partial charge on any atom is -0.464 e. The molecule has 5 nitrogen and oxygen atoms in total. The molecule has 1 rings (SSSR count). The van der Waals surface area contributed by atoms with Crippen LogP contribution in [0.3, 0.4) is 0 Å². The zero-order chi connectivity index (χ0) is 13.9. The van der Waals surface area contributed by atoms with Crippen LogP contribution in [0.1, 0.15) is 41.0 Å². The van der Waals surface area contributed by atoms with Crippen molar-refractivity contribution in [3.05, 3.63) is 0 Å². The molecule has 1 saturated heterocycles. The summed E-state index contributed by atoms with van der Waals surface area (Å²) in [5.74, 6) is -0.0559. The van der Waals surface area contributed by atoms with Crippen molar-refractivity contribution < 1.29 is 19.1 Å². The highest BCUT2D eigenvalue weighted by Gasteiger charge is 2.40. The van der Waals surface area contributed by atoms with E-state index in [0.717, 1.165) is 0 Å². The Hall–Kier alpha value is -1.26. The maximum atomic E-state index is 12.0. The number of nitrogens with zero attached hydrogens (tertiary/aromatic N) is 1. The summed E-state index contributed by atoms with van der Waals surface area (Å²) in [7, 11) is 0. The highest BCUT2D eigenvalue weighted by molar-refractivity contribution is 5.82. The highest BCUT2D eigenvalue weighted by Crippen LogP contribution is 2.25. The van der Waals surface area contributed by atoms with E-state index < -0.39 is 17.7 Å². The summed E-state index contributed by atoms with van der Waals surface area (Å²) in [6.07, 6.45) is 0.197. The van der Waals surface area contributed by atoms with E-state index in [-0.39, 0.29) is 11.9 Å². The normalized spacial score (nSPS) is 23.9. The Kier molecular flexibility index (Phi) is 4.59. The molecule has 0 bridgehead atoms. The van der Waals surface area contributed by atoms with Crippen LogP contribution in [0.15, 0.2) is 0 Å². The predicted molar refractivity (Wildman–Crippen MR) is 67.1 cm³/mol. The molecule has 1 amide bonds. The molecule has 5 heteroatoms. The van der Waals surface area contributed by atoms with Gasteiger partial charge in [-0.1, -0.05) is 6.92 Å². The van der Waals surface area contributed by atoms with E-state index in [0.29, 0.717) is 19.6 Å². The Morgan fingerprint density at radius 3 is 2.44 bits per heavy atom. The summed E-state index contributed by atoms with van der Waals surface area (Å²) < 4.78 is 10.3. The van der Waals surface area contributed by atoms with Crippen LogP contribution in [0.4, 0.5) is 4.79 Å². The zero-order valence-electron chi connectivity index (χ0n) is 11.9. The summed E-state index contributed by atoms with van der Waals surface area (Å²) in [6.45, 7) is 10.1. The first-order valence-corrected chi connectivity index (χ1v) is 6.41. The molecule has 1 heterocycles. The van der Waals surface area contributed by atoms with Crippen molar-refractivity contribution in [1.29, 1.82) is 0 Å². The number of hydrogen-bond donors (Lipinski definition) is 0. The van der Waals surface area contributed by atoms with E-state index in [2.05, 4.69) is 0 Å². The summed E-state index contributed by atoms with van der Waals surface area (Å²) in [5, 5.41) is 0. The first-order valence-electron chi connectivity index (χ1n) is 6.41. The number of rotatable bonds is 2. The van der Waals surface area contributed by atoms with Gasteiger partial charge >= 0.3 is 12.1 Å². The molecule has 0 spiro atoms. The molecule has 0 N–H and O–H groups in total. The molecule has 0 aromatic carbocycles. The summed E-state index contributed by atoms with van der Waals surface area (Å²) in [5.41, 5.74) is -0.553. The fourth-order valence-electron chi connectivity index (χ4n) is 2.03. The lowest BCUT2D eigenvalue weighted by atomic mass is 10.1. The second-order valence-corrected chi connectivity index (χ2v) is 5.74. The van der Waals surface area contributed by atoms with E-state index in [4.69, 9.17) is 9.47 Å². The number of ether oxygens (including phenoxy) is 2. The number of carbonyl (C=O) groups excluding carboxylic acids is 2. The molecule has 2 atom stereocenters. The maximum absolute atomic E-state index is 12.0. The third kappa shape index (κ3) is 3.89. The Balaban J connectivity index is 2.72. The summed E-state index contributed by atoms with van der Waals surface area (Å²) in [4.78, 5) is 25.3. The van der Waals surface area contributed by atoms with Gasteiger partial charge in [0.1, 0.15) is 11.6 Å². The number of amides is 1. The molecule has 1 aliphatic rings. The van der Waals surface area contributed by atoms with Crippen molar-refractivity contribution >= 4 is 12.1 Å². The fraction of sp³-hybridized carbons (Fsp3) is 0.846. The molecule has 0 aliphatic carbocycles. The second kappa shape index (κ2) is 5.59. The lowest BCUT2D eigenvalue weighted by Crippen LogP contribution is -2.44. The lowest BCUT2D eigenvalue weighted by Gasteiger charge is -2.27. The first kappa shape index (κ1) is 14.8. The number of hydrogen-bond acceptors (Lipinski definition) is 4. The predicted octanol–water partition coefficient (Wildman–Crippen LogP) is 2.20. The first-order chi connectivity index (χ1) is 8.24. The SMILES string of the molecule is CCOC(=O)C1CC(C)CN1C(=O)OC(C)(C)C. The quantitative estimate of drug-likeness (QED) is 0.712. The van der Waals surface area contributed by atoms with E-state index in [9.17, 15) is 9.59 Å². The lowest BCUT2D eigenvalue weighted by molar-refractivity contribution is -0.148. The van der Waals surface area contributed by atoms with Gasteiger partial charge in [-0.3, -0.25) is 4.90 Å². The number of carbonyl (C=O) groups is 2. The topological polar surface area (TPSA) is 55.8 Å². The Morgan fingerprint density at radius 2 is 1.94 bits per heavy atom. The van der Waals surface area contributed by atoms with Crippen LogP contribution in [0.5, 0.6) is 0 Å². The van der Waals surface area contributed by atoms with Crippen molar-refractivity contribution in [3.63, 3.8) is 0 Å². The molecule has 0 aromatic heterocycles. The van der Waals surface area contributed by atoms with Gasteiger partial charge in [0.25, 0.3) is 0 Å². The van der Waals surface area contributed by atoms with Gasteiger partial charge < -0.3 is 9.47 Å². The molecule has 2 unspecified atom stereocenters. The van der Waals surface area contributed by atoms with Gasteiger partial charge in [-0.2, -0.15) is 0 Å².